The molecule has 34 heavy (non-hydrogen) atoms. The fourth-order valence-corrected chi connectivity index (χ4v) is 3.44. The smallest absolute Gasteiger partial charge is 0.140 e. The predicted octanol–water partition coefficient (Wildman–Crippen LogP) is 3.43. The minimum atomic E-state index is 0.488. The SMILES string of the molecule is CN=CC(=CN)c1ccc(CNc2cc(-c3cnc4cc(OCCOC)ccn34)ncn2)cc1. The number of nitrogens with zero attached hydrogens (tertiary/aromatic N) is 5. The number of nitrogens with two attached hydrogens (primary N) is 1. The van der Waals surface area contributed by atoms with Crippen LogP contribution in [0.25, 0.3) is 22.6 Å². The quantitative estimate of drug-likeness (QED) is 0.277. The summed E-state index contributed by atoms with van der Waals surface area (Å²) >= 11 is 0. The van der Waals surface area contributed by atoms with Gasteiger partial charge in [-0.25, -0.2) is 15.0 Å². The van der Waals surface area contributed by atoms with E-state index in [1.165, 1.54) is 0 Å². The first kappa shape index (κ1) is 22.9. The lowest BCUT2D eigenvalue weighted by molar-refractivity contribution is 0.146. The number of aromatic nitrogens is 4. The number of anilines is 1. The molecule has 3 N–H and O–H groups in total. The van der Waals surface area contributed by atoms with Gasteiger partial charge in [0.2, 0.25) is 0 Å². The van der Waals surface area contributed by atoms with Gasteiger partial charge >= 0.3 is 0 Å². The normalized spacial score (nSPS) is 11.9. The molecule has 0 atom stereocenters. The summed E-state index contributed by atoms with van der Waals surface area (Å²) in [5, 5.41) is 3.36. The van der Waals surface area contributed by atoms with E-state index >= 15 is 0 Å². The van der Waals surface area contributed by atoms with Gasteiger partial charge in [-0.15, -0.1) is 0 Å². The number of fused-ring (bicyclic) bond motifs is 1. The van der Waals surface area contributed by atoms with E-state index in [4.69, 9.17) is 15.2 Å². The second-order valence-electron chi connectivity index (χ2n) is 7.42. The summed E-state index contributed by atoms with van der Waals surface area (Å²) < 4.78 is 12.7. The van der Waals surface area contributed by atoms with Gasteiger partial charge in [0.1, 0.15) is 30.1 Å². The first-order chi connectivity index (χ1) is 16.7. The summed E-state index contributed by atoms with van der Waals surface area (Å²) in [5.41, 5.74) is 11.1. The van der Waals surface area contributed by atoms with Gasteiger partial charge in [-0.3, -0.25) is 9.39 Å². The number of pyridine rings is 1. The molecule has 0 saturated carbocycles. The van der Waals surface area contributed by atoms with E-state index in [2.05, 4.69) is 25.3 Å². The standard InChI is InChI=1S/C25H27N7O2/c1-27-15-20(13-26)19-5-3-18(4-6-19)14-28-24-12-22(30-17-31-24)23-16-29-25-11-21(7-8-32(23)25)34-10-9-33-2/h3-8,11-13,15-17H,9-10,14,26H2,1-2H3,(H,28,30,31). The van der Waals surface area contributed by atoms with Gasteiger partial charge in [-0.05, 0) is 17.2 Å². The van der Waals surface area contributed by atoms with Crippen molar-refractivity contribution in [3.63, 3.8) is 0 Å². The molecule has 0 amide bonds. The van der Waals surface area contributed by atoms with Gasteiger partial charge in [0, 0.05) is 57.0 Å². The number of benzene rings is 1. The second-order valence-corrected chi connectivity index (χ2v) is 7.42. The summed E-state index contributed by atoms with van der Waals surface area (Å²) in [6, 6.07) is 13.8. The average molecular weight is 458 g/mol. The molecular weight excluding hydrogens is 430 g/mol. The lowest BCUT2D eigenvalue weighted by Gasteiger charge is -2.09. The molecule has 9 nitrogen and oxygen atoms in total. The van der Waals surface area contributed by atoms with E-state index in [9.17, 15) is 0 Å². The van der Waals surface area contributed by atoms with Gasteiger partial charge < -0.3 is 20.5 Å². The Kier molecular flexibility index (Phi) is 7.46. The molecule has 3 heterocycles. The Hall–Kier alpha value is -4.24. The lowest BCUT2D eigenvalue weighted by Crippen LogP contribution is -2.04. The second kappa shape index (κ2) is 11.1. The number of ether oxygens (including phenoxy) is 2. The third kappa shape index (κ3) is 5.38. The molecule has 1 aromatic carbocycles. The predicted molar refractivity (Wildman–Crippen MR) is 134 cm³/mol. The molecule has 4 aromatic rings. The highest BCUT2D eigenvalue weighted by Gasteiger charge is 2.10. The van der Waals surface area contributed by atoms with Crippen LogP contribution < -0.4 is 15.8 Å². The highest BCUT2D eigenvalue weighted by Crippen LogP contribution is 2.23. The Bertz CT molecular complexity index is 1300. The van der Waals surface area contributed by atoms with Crippen molar-refractivity contribution in [2.75, 3.05) is 32.7 Å². The third-order valence-corrected chi connectivity index (χ3v) is 5.18. The van der Waals surface area contributed by atoms with Crippen molar-refractivity contribution in [2.45, 2.75) is 6.54 Å². The number of imidazole rings is 1. The zero-order chi connectivity index (χ0) is 23.8. The Morgan fingerprint density at radius 1 is 1.12 bits per heavy atom. The van der Waals surface area contributed by atoms with Crippen LogP contribution in [0.2, 0.25) is 0 Å². The minimum Gasteiger partial charge on any atom is -0.491 e. The van der Waals surface area contributed by atoms with Crippen LogP contribution in [-0.2, 0) is 11.3 Å². The number of rotatable bonds is 10. The van der Waals surface area contributed by atoms with Gasteiger partial charge in [0.15, 0.2) is 0 Å². The van der Waals surface area contributed by atoms with Crippen LogP contribution in [0.1, 0.15) is 11.1 Å². The Morgan fingerprint density at radius 2 is 1.97 bits per heavy atom. The summed E-state index contributed by atoms with van der Waals surface area (Å²) in [5.74, 6) is 1.47. The molecule has 0 aliphatic heterocycles. The van der Waals surface area contributed by atoms with E-state index in [1.54, 1.807) is 39.1 Å². The maximum absolute atomic E-state index is 5.69. The average Bonchev–Trinajstić information content (AvgIpc) is 3.30. The molecule has 0 radical (unpaired) electrons. The van der Waals surface area contributed by atoms with Crippen molar-refractivity contribution < 1.29 is 9.47 Å². The van der Waals surface area contributed by atoms with Crippen LogP contribution in [0.3, 0.4) is 0 Å². The van der Waals surface area contributed by atoms with Crippen molar-refractivity contribution in [1.82, 2.24) is 19.4 Å². The summed E-state index contributed by atoms with van der Waals surface area (Å²) in [7, 11) is 3.37. The van der Waals surface area contributed by atoms with Gasteiger partial charge in [-0.1, -0.05) is 24.3 Å². The van der Waals surface area contributed by atoms with E-state index < -0.39 is 0 Å². The fraction of sp³-hybridized carbons (Fsp3) is 0.200. The van der Waals surface area contributed by atoms with Crippen LogP contribution in [0.5, 0.6) is 5.75 Å². The largest absolute Gasteiger partial charge is 0.491 e. The van der Waals surface area contributed by atoms with Crippen molar-refractivity contribution in [1.29, 1.82) is 0 Å². The van der Waals surface area contributed by atoms with Crippen LogP contribution in [0.4, 0.5) is 5.82 Å². The number of allylic oxidation sites excluding steroid dienone is 1. The molecule has 0 spiro atoms. The molecule has 0 bridgehead atoms. The zero-order valence-corrected chi connectivity index (χ0v) is 19.2. The molecule has 0 unspecified atom stereocenters. The van der Waals surface area contributed by atoms with Crippen molar-refractivity contribution in [3.8, 4) is 17.1 Å². The maximum Gasteiger partial charge on any atom is 0.140 e. The number of aliphatic imine (C=N–C) groups is 1. The Morgan fingerprint density at radius 3 is 2.74 bits per heavy atom. The molecule has 3 aromatic heterocycles. The first-order valence-corrected chi connectivity index (χ1v) is 10.8. The lowest BCUT2D eigenvalue weighted by atomic mass is 10.1. The van der Waals surface area contributed by atoms with E-state index in [1.807, 2.05) is 53.1 Å². The summed E-state index contributed by atoms with van der Waals surface area (Å²) in [6.07, 6.45) is 8.55. The van der Waals surface area contributed by atoms with Crippen LogP contribution in [0.15, 0.2) is 72.4 Å². The molecule has 9 heteroatoms. The van der Waals surface area contributed by atoms with Crippen molar-refractivity contribution in [2.24, 2.45) is 10.7 Å². The van der Waals surface area contributed by atoms with Gasteiger partial charge in [-0.2, -0.15) is 0 Å². The molecule has 4 rings (SSSR count). The first-order valence-electron chi connectivity index (χ1n) is 10.8. The Labute approximate surface area is 198 Å². The summed E-state index contributed by atoms with van der Waals surface area (Å²) in [6.45, 7) is 1.64. The molecule has 0 aliphatic carbocycles. The minimum absolute atomic E-state index is 0.488. The maximum atomic E-state index is 5.69. The zero-order valence-electron chi connectivity index (χ0n) is 19.2. The Balaban J connectivity index is 1.45. The van der Waals surface area contributed by atoms with Crippen molar-refractivity contribution >= 4 is 23.3 Å². The van der Waals surface area contributed by atoms with Gasteiger partial charge in [0.25, 0.3) is 0 Å². The highest BCUT2D eigenvalue weighted by molar-refractivity contribution is 6.09. The highest BCUT2D eigenvalue weighted by atomic mass is 16.5. The van der Waals surface area contributed by atoms with Gasteiger partial charge in [0.05, 0.1) is 24.2 Å². The molecule has 174 valence electrons. The summed E-state index contributed by atoms with van der Waals surface area (Å²) in [4.78, 5) is 17.3. The number of methoxy groups -OCH3 is 1. The van der Waals surface area contributed by atoms with Crippen LogP contribution >= 0.6 is 0 Å². The monoisotopic (exact) mass is 457 g/mol. The third-order valence-electron chi connectivity index (χ3n) is 5.18. The molecule has 0 aliphatic rings. The molecular formula is C25H27N7O2. The molecule has 0 fully saturated rings. The number of hydrogen-bond donors (Lipinski definition) is 2. The van der Waals surface area contributed by atoms with E-state index in [0.29, 0.717) is 19.8 Å². The van der Waals surface area contributed by atoms with E-state index in [0.717, 1.165) is 45.3 Å². The fourth-order valence-electron chi connectivity index (χ4n) is 3.44. The van der Waals surface area contributed by atoms with Crippen LogP contribution in [0, 0.1) is 0 Å². The van der Waals surface area contributed by atoms with E-state index in [-0.39, 0.29) is 0 Å². The van der Waals surface area contributed by atoms with Crippen LogP contribution in [-0.4, -0.2) is 52.9 Å². The number of hydrogen-bond acceptors (Lipinski definition) is 8. The topological polar surface area (TPSA) is 112 Å². The molecule has 0 saturated heterocycles. The van der Waals surface area contributed by atoms with Crippen molar-refractivity contribution in [3.05, 3.63) is 78.5 Å². The number of nitrogens with one attached hydrogen (secondary N) is 1.